The zero-order valence-corrected chi connectivity index (χ0v) is 11.5. The summed E-state index contributed by atoms with van der Waals surface area (Å²) < 4.78 is 5.27. The fourth-order valence-electron chi connectivity index (χ4n) is 2.69. The fraction of sp³-hybridized carbons (Fsp3) is 0.533. The molecule has 4 nitrogen and oxygen atoms in total. The van der Waals surface area contributed by atoms with Crippen molar-refractivity contribution in [2.75, 3.05) is 7.05 Å². The molecule has 1 amide bonds. The molecule has 1 aliphatic rings. The zero-order chi connectivity index (χ0) is 13.9. The van der Waals surface area contributed by atoms with Crippen LogP contribution >= 0.6 is 0 Å². The summed E-state index contributed by atoms with van der Waals surface area (Å²) >= 11 is 0. The number of carbonyl (C=O) groups excluding carboxylic acids is 1. The van der Waals surface area contributed by atoms with Crippen LogP contribution in [-0.2, 0) is 11.3 Å². The van der Waals surface area contributed by atoms with Crippen molar-refractivity contribution in [3.8, 4) is 0 Å². The standard InChI is InChI=1S/C15H21NO3/c1-15(18)10-6-9-13(15)16(2)14(17)19-11-12-7-4-3-5-8-12/h3-5,7-8,13,18H,6,9-11H2,1-2H3. The highest BCUT2D eigenvalue weighted by atomic mass is 16.6. The predicted octanol–water partition coefficient (Wildman–Crippen LogP) is 2.56. The van der Waals surface area contributed by atoms with Crippen LogP contribution in [0.1, 0.15) is 31.7 Å². The molecule has 1 fully saturated rings. The van der Waals surface area contributed by atoms with Gasteiger partial charge in [0.1, 0.15) is 6.61 Å². The Morgan fingerprint density at radius 2 is 2.16 bits per heavy atom. The van der Waals surface area contributed by atoms with Crippen molar-refractivity contribution in [3.63, 3.8) is 0 Å². The molecule has 2 unspecified atom stereocenters. The first-order valence-electron chi connectivity index (χ1n) is 6.66. The highest BCUT2D eigenvalue weighted by Gasteiger charge is 2.41. The van der Waals surface area contributed by atoms with Gasteiger partial charge in [-0.15, -0.1) is 0 Å². The molecule has 19 heavy (non-hydrogen) atoms. The van der Waals surface area contributed by atoms with E-state index in [2.05, 4.69) is 0 Å². The van der Waals surface area contributed by atoms with Crippen molar-refractivity contribution < 1.29 is 14.6 Å². The van der Waals surface area contributed by atoms with Gasteiger partial charge in [-0.3, -0.25) is 0 Å². The number of rotatable bonds is 3. The fourth-order valence-corrected chi connectivity index (χ4v) is 2.69. The minimum atomic E-state index is -0.805. The Bertz CT molecular complexity index is 430. The van der Waals surface area contributed by atoms with Crippen molar-refractivity contribution in [3.05, 3.63) is 35.9 Å². The quantitative estimate of drug-likeness (QED) is 0.911. The maximum absolute atomic E-state index is 12.0. The number of hydrogen-bond acceptors (Lipinski definition) is 3. The molecule has 1 aromatic carbocycles. The number of carbonyl (C=O) groups is 1. The van der Waals surface area contributed by atoms with E-state index in [1.807, 2.05) is 30.3 Å². The second-order valence-electron chi connectivity index (χ2n) is 5.42. The third-order valence-electron chi connectivity index (χ3n) is 3.84. The molecule has 0 spiro atoms. The van der Waals surface area contributed by atoms with Crippen LogP contribution in [0.3, 0.4) is 0 Å². The molecule has 1 saturated carbocycles. The molecule has 0 saturated heterocycles. The molecule has 1 aliphatic carbocycles. The summed E-state index contributed by atoms with van der Waals surface area (Å²) in [6.45, 7) is 2.05. The molecule has 2 atom stereocenters. The Morgan fingerprint density at radius 1 is 1.47 bits per heavy atom. The van der Waals surface area contributed by atoms with Gasteiger partial charge in [0.15, 0.2) is 0 Å². The molecule has 0 heterocycles. The number of ether oxygens (including phenoxy) is 1. The van der Waals surface area contributed by atoms with E-state index < -0.39 is 5.60 Å². The van der Waals surface area contributed by atoms with Crippen LogP contribution < -0.4 is 0 Å². The molecule has 0 aliphatic heterocycles. The second kappa shape index (κ2) is 5.61. The first-order chi connectivity index (χ1) is 9.00. The van der Waals surface area contributed by atoms with Crippen LogP contribution in [0.4, 0.5) is 4.79 Å². The first-order valence-corrected chi connectivity index (χ1v) is 6.66. The third-order valence-corrected chi connectivity index (χ3v) is 3.84. The maximum atomic E-state index is 12.0. The SMILES string of the molecule is CN(C(=O)OCc1ccccc1)C1CCCC1(C)O. The zero-order valence-electron chi connectivity index (χ0n) is 11.5. The maximum Gasteiger partial charge on any atom is 0.410 e. The summed E-state index contributed by atoms with van der Waals surface area (Å²) in [7, 11) is 1.69. The van der Waals surface area contributed by atoms with E-state index in [0.29, 0.717) is 0 Å². The number of amides is 1. The number of benzene rings is 1. The topological polar surface area (TPSA) is 49.8 Å². The molecular formula is C15H21NO3. The van der Waals surface area contributed by atoms with E-state index in [-0.39, 0.29) is 18.7 Å². The molecule has 0 radical (unpaired) electrons. The predicted molar refractivity (Wildman–Crippen MR) is 72.7 cm³/mol. The van der Waals surface area contributed by atoms with Gasteiger partial charge >= 0.3 is 6.09 Å². The van der Waals surface area contributed by atoms with Crippen molar-refractivity contribution in [1.29, 1.82) is 0 Å². The van der Waals surface area contributed by atoms with E-state index in [4.69, 9.17) is 4.74 Å². The molecular weight excluding hydrogens is 242 g/mol. The van der Waals surface area contributed by atoms with E-state index in [1.54, 1.807) is 14.0 Å². The highest BCUT2D eigenvalue weighted by Crippen LogP contribution is 2.33. The number of likely N-dealkylation sites (N-methyl/N-ethyl adjacent to an activating group) is 1. The largest absolute Gasteiger partial charge is 0.445 e. The third kappa shape index (κ3) is 3.26. The van der Waals surface area contributed by atoms with Gasteiger partial charge in [0.25, 0.3) is 0 Å². The van der Waals surface area contributed by atoms with Crippen LogP contribution in [0.15, 0.2) is 30.3 Å². The summed E-state index contributed by atoms with van der Waals surface area (Å²) in [4.78, 5) is 13.5. The minimum Gasteiger partial charge on any atom is -0.445 e. The van der Waals surface area contributed by atoms with E-state index >= 15 is 0 Å². The van der Waals surface area contributed by atoms with Gasteiger partial charge in [-0.1, -0.05) is 30.3 Å². The summed E-state index contributed by atoms with van der Waals surface area (Å²) in [6, 6.07) is 9.42. The van der Waals surface area contributed by atoms with Crippen LogP contribution in [0.5, 0.6) is 0 Å². The smallest absolute Gasteiger partial charge is 0.410 e. The monoisotopic (exact) mass is 263 g/mol. The number of nitrogens with zero attached hydrogens (tertiary/aromatic N) is 1. The van der Waals surface area contributed by atoms with Gasteiger partial charge in [0.05, 0.1) is 11.6 Å². The Hall–Kier alpha value is -1.55. The molecule has 0 aromatic heterocycles. The van der Waals surface area contributed by atoms with E-state index in [9.17, 15) is 9.90 Å². The Kier molecular flexibility index (Phi) is 4.10. The Balaban J connectivity index is 1.89. The van der Waals surface area contributed by atoms with Gasteiger partial charge < -0.3 is 14.7 Å². The van der Waals surface area contributed by atoms with Crippen LogP contribution in [0, 0.1) is 0 Å². The highest BCUT2D eigenvalue weighted by molar-refractivity contribution is 5.68. The summed E-state index contributed by atoms with van der Waals surface area (Å²) in [5.41, 5.74) is 0.156. The van der Waals surface area contributed by atoms with Crippen LogP contribution in [-0.4, -0.2) is 34.8 Å². The number of hydrogen-bond donors (Lipinski definition) is 1. The second-order valence-corrected chi connectivity index (χ2v) is 5.42. The molecule has 104 valence electrons. The molecule has 2 rings (SSSR count). The Morgan fingerprint density at radius 3 is 2.74 bits per heavy atom. The minimum absolute atomic E-state index is 0.157. The normalized spacial score (nSPS) is 26.2. The lowest BCUT2D eigenvalue weighted by atomic mass is 10.00. The average Bonchev–Trinajstić information content (AvgIpc) is 2.76. The van der Waals surface area contributed by atoms with Crippen molar-refractivity contribution in [1.82, 2.24) is 4.90 Å². The molecule has 1 aromatic rings. The average molecular weight is 263 g/mol. The molecule has 1 N–H and O–H groups in total. The van der Waals surface area contributed by atoms with Crippen LogP contribution in [0.25, 0.3) is 0 Å². The van der Waals surface area contributed by atoms with Gasteiger partial charge in [0.2, 0.25) is 0 Å². The first kappa shape index (κ1) is 13.9. The van der Waals surface area contributed by atoms with E-state index in [1.165, 1.54) is 4.90 Å². The lowest BCUT2D eigenvalue weighted by molar-refractivity contribution is -0.00697. The van der Waals surface area contributed by atoms with Crippen molar-refractivity contribution in [2.24, 2.45) is 0 Å². The van der Waals surface area contributed by atoms with Gasteiger partial charge in [-0.25, -0.2) is 4.79 Å². The Labute approximate surface area is 114 Å². The van der Waals surface area contributed by atoms with Gasteiger partial charge in [0, 0.05) is 7.05 Å². The summed E-state index contributed by atoms with van der Waals surface area (Å²) in [5, 5.41) is 10.2. The summed E-state index contributed by atoms with van der Waals surface area (Å²) in [5.74, 6) is 0. The number of aliphatic hydroxyl groups is 1. The van der Waals surface area contributed by atoms with Crippen LogP contribution in [0.2, 0.25) is 0 Å². The lowest BCUT2D eigenvalue weighted by Gasteiger charge is -2.33. The van der Waals surface area contributed by atoms with Gasteiger partial charge in [-0.2, -0.15) is 0 Å². The molecule has 0 bridgehead atoms. The lowest BCUT2D eigenvalue weighted by Crippen LogP contribution is -2.48. The van der Waals surface area contributed by atoms with E-state index in [0.717, 1.165) is 24.8 Å². The van der Waals surface area contributed by atoms with Crippen molar-refractivity contribution >= 4 is 6.09 Å². The van der Waals surface area contributed by atoms with Crippen molar-refractivity contribution in [2.45, 2.75) is 44.4 Å². The summed E-state index contributed by atoms with van der Waals surface area (Å²) in [6.07, 6.45) is 2.11. The van der Waals surface area contributed by atoms with Gasteiger partial charge in [-0.05, 0) is 31.7 Å². The molecule has 4 heteroatoms.